The summed E-state index contributed by atoms with van der Waals surface area (Å²) in [4.78, 5) is 22.6. The van der Waals surface area contributed by atoms with E-state index in [1.54, 1.807) is 27.0 Å². The van der Waals surface area contributed by atoms with Crippen molar-refractivity contribution in [2.75, 3.05) is 0 Å². The maximum atomic E-state index is 11.5. The van der Waals surface area contributed by atoms with Crippen molar-refractivity contribution < 1.29 is 19.4 Å². The van der Waals surface area contributed by atoms with Gasteiger partial charge in [0, 0.05) is 6.20 Å². The molecular formula is C11H16BrN3O4. The molecule has 0 aromatic carbocycles. The highest BCUT2D eigenvalue weighted by Crippen LogP contribution is 2.08. The fourth-order valence-corrected chi connectivity index (χ4v) is 1.59. The summed E-state index contributed by atoms with van der Waals surface area (Å²) >= 11 is 3.21. The molecule has 1 atom stereocenters. The van der Waals surface area contributed by atoms with Gasteiger partial charge < -0.3 is 15.2 Å². The van der Waals surface area contributed by atoms with Crippen molar-refractivity contribution in [3.8, 4) is 0 Å². The summed E-state index contributed by atoms with van der Waals surface area (Å²) < 4.78 is 7.16. The van der Waals surface area contributed by atoms with E-state index in [4.69, 9.17) is 9.84 Å². The molecule has 0 radical (unpaired) electrons. The number of nitrogens with one attached hydrogen (secondary N) is 1. The molecule has 1 amide bonds. The van der Waals surface area contributed by atoms with E-state index in [0.29, 0.717) is 0 Å². The van der Waals surface area contributed by atoms with E-state index >= 15 is 0 Å². The monoisotopic (exact) mass is 333 g/mol. The summed E-state index contributed by atoms with van der Waals surface area (Å²) in [5.74, 6) is -1.16. The SMILES string of the molecule is CC(C)(C)OC(=O)NC(Cn1cc(Br)cn1)C(=O)O. The third kappa shape index (κ3) is 5.73. The Hall–Kier alpha value is -1.57. The molecule has 19 heavy (non-hydrogen) atoms. The van der Waals surface area contributed by atoms with Crippen molar-refractivity contribution in [2.45, 2.75) is 39.0 Å². The lowest BCUT2D eigenvalue weighted by Crippen LogP contribution is -2.45. The van der Waals surface area contributed by atoms with Crippen molar-refractivity contribution >= 4 is 28.0 Å². The number of carboxylic acid groups (broad SMARTS) is 1. The van der Waals surface area contributed by atoms with E-state index in [9.17, 15) is 9.59 Å². The van der Waals surface area contributed by atoms with Crippen LogP contribution in [0.15, 0.2) is 16.9 Å². The molecule has 1 aromatic rings. The minimum Gasteiger partial charge on any atom is -0.480 e. The number of rotatable bonds is 4. The zero-order chi connectivity index (χ0) is 14.6. The fraction of sp³-hybridized carbons (Fsp3) is 0.545. The quantitative estimate of drug-likeness (QED) is 0.873. The molecule has 1 heterocycles. The van der Waals surface area contributed by atoms with Crippen LogP contribution in [0, 0.1) is 0 Å². The molecule has 106 valence electrons. The summed E-state index contributed by atoms with van der Waals surface area (Å²) in [5, 5.41) is 15.3. The van der Waals surface area contributed by atoms with E-state index < -0.39 is 23.7 Å². The van der Waals surface area contributed by atoms with Gasteiger partial charge in [-0.2, -0.15) is 5.10 Å². The van der Waals surface area contributed by atoms with E-state index in [2.05, 4.69) is 26.3 Å². The van der Waals surface area contributed by atoms with Crippen molar-refractivity contribution in [1.82, 2.24) is 15.1 Å². The van der Waals surface area contributed by atoms with E-state index in [0.717, 1.165) is 4.47 Å². The summed E-state index contributed by atoms with van der Waals surface area (Å²) in [6, 6.07) is -1.11. The van der Waals surface area contributed by atoms with E-state index in [-0.39, 0.29) is 6.54 Å². The molecule has 1 unspecified atom stereocenters. The number of carboxylic acids is 1. The topological polar surface area (TPSA) is 93.5 Å². The zero-order valence-electron chi connectivity index (χ0n) is 10.9. The van der Waals surface area contributed by atoms with Crippen molar-refractivity contribution in [3.05, 3.63) is 16.9 Å². The first kappa shape index (κ1) is 15.5. The molecule has 0 aliphatic rings. The number of alkyl carbamates (subject to hydrolysis) is 1. The second-order valence-corrected chi connectivity index (χ2v) is 5.83. The Bertz CT molecular complexity index is 467. The maximum absolute atomic E-state index is 11.5. The first-order valence-electron chi connectivity index (χ1n) is 5.57. The molecule has 0 spiro atoms. The molecule has 0 fully saturated rings. The molecule has 0 saturated carbocycles. The highest BCUT2D eigenvalue weighted by atomic mass is 79.9. The molecule has 0 aliphatic heterocycles. The van der Waals surface area contributed by atoms with Crippen LogP contribution in [0.5, 0.6) is 0 Å². The number of aliphatic carboxylic acids is 1. The average Bonchev–Trinajstić information content (AvgIpc) is 2.60. The lowest BCUT2D eigenvalue weighted by molar-refractivity contribution is -0.139. The van der Waals surface area contributed by atoms with Gasteiger partial charge in [-0.1, -0.05) is 0 Å². The van der Waals surface area contributed by atoms with Crippen LogP contribution in [0.3, 0.4) is 0 Å². The maximum Gasteiger partial charge on any atom is 0.408 e. The zero-order valence-corrected chi connectivity index (χ0v) is 12.5. The second kappa shape index (κ2) is 6.05. The van der Waals surface area contributed by atoms with Gasteiger partial charge in [-0.25, -0.2) is 9.59 Å². The minimum atomic E-state index is -1.16. The van der Waals surface area contributed by atoms with Crippen LogP contribution in [0.4, 0.5) is 4.79 Å². The summed E-state index contributed by atoms with van der Waals surface area (Å²) in [6.45, 7) is 5.12. The highest BCUT2D eigenvalue weighted by molar-refractivity contribution is 9.10. The van der Waals surface area contributed by atoms with Gasteiger partial charge in [-0.15, -0.1) is 0 Å². The number of carbonyl (C=O) groups is 2. The predicted molar refractivity (Wildman–Crippen MR) is 70.7 cm³/mol. The van der Waals surface area contributed by atoms with Gasteiger partial charge in [0.05, 0.1) is 17.2 Å². The summed E-state index contributed by atoms with van der Waals surface area (Å²) in [6.07, 6.45) is 2.38. The number of nitrogens with zero attached hydrogens (tertiary/aromatic N) is 2. The van der Waals surface area contributed by atoms with E-state index in [1.165, 1.54) is 10.9 Å². The number of halogens is 1. The molecule has 1 aromatic heterocycles. The highest BCUT2D eigenvalue weighted by Gasteiger charge is 2.24. The summed E-state index contributed by atoms with van der Waals surface area (Å²) in [5.41, 5.74) is -0.679. The lowest BCUT2D eigenvalue weighted by Gasteiger charge is -2.21. The number of amides is 1. The van der Waals surface area contributed by atoms with Crippen LogP contribution in [-0.4, -0.2) is 38.6 Å². The van der Waals surface area contributed by atoms with Crippen LogP contribution in [0.1, 0.15) is 20.8 Å². The first-order chi connectivity index (χ1) is 8.67. The Morgan fingerprint density at radius 2 is 2.21 bits per heavy atom. The molecule has 0 aliphatic carbocycles. The van der Waals surface area contributed by atoms with E-state index in [1.807, 2.05) is 0 Å². The van der Waals surface area contributed by atoms with Crippen LogP contribution in [0.2, 0.25) is 0 Å². The van der Waals surface area contributed by atoms with Crippen LogP contribution in [-0.2, 0) is 16.1 Å². The molecule has 0 bridgehead atoms. The van der Waals surface area contributed by atoms with Gasteiger partial charge >= 0.3 is 12.1 Å². The lowest BCUT2D eigenvalue weighted by atomic mass is 10.2. The molecule has 1 rings (SSSR count). The van der Waals surface area contributed by atoms with Gasteiger partial charge in [0.1, 0.15) is 11.6 Å². The Morgan fingerprint density at radius 3 is 2.63 bits per heavy atom. The van der Waals surface area contributed by atoms with Crippen molar-refractivity contribution in [1.29, 1.82) is 0 Å². The molecule has 2 N–H and O–H groups in total. The van der Waals surface area contributed by atoms with Gasteiger partial charge in [0.2, 0.25) is 0 Å². The minimum absolute atomic E-state index is 0.0141. The largest absolute Gasteiger partial charge is 0.480 e. The summed E-state index contributed by atoms with van der Waals surface area (Å²) in [7, 11) is 0. The predicted octanol–water partition coefficient (Wildman–Crippen LogP) is 1.62. The number of ether oxygens (including phenoxy) is 1. The Balaban J connectivity index is 2.63. The number of aromatic nitrogens is 2. The van der Waals surface area contributed by atoms with Crippen LogP contribution in [0.25, 0.3) is 0 Å². The molecular weight excluding hydrogens is 318 g/mol. The Kier molecular flexibility index (Phi) is 4.93. The third-order valence-corrected chi connectivity index (χ3v) is 2.37. The number of carbonyl (C=O) groups excluding carboxylic acids is 1. The van der Waals surface area contributed by atoms with Crippen molar-refractivity contribution in [2.24, 2.45) is 0 Å². The molecule has 0 saturated heterocycles. The molecule has 7 nitrogen and oxygen atoms in total. The first-order valence-corrected chi connectivity index (χ1v) is 6.37. The van der Waals surface area contributed by atoms with Gasteiger partial charge in [-0.3, -0.25) is 4.68 Å². The second-order valence-electron chi connectivity index (χ2n) is 4.92. The van der Waals surface area contributed by atoms with Crippen molar-refractivity contribution in [3.63, 3.8) is 0 Å². The average molecular weight is 334 g/mol. The smallest absolute Gasteiger partial charge is 0.408 e. The third-order valence-electron chi connectivity index (χ3n) is 1.96. The molecule has 8 heteroatoms. The Labute approximate surface area is 119 Å². The van der Waals surface area contributed by atoms with Gasteiger partial charge in [0.25, 0.3) is 0 Å². The number of hydrogen-bond acceptors (Lipinski definition) is 4. The van der Waals surface area contributed by atoms with Crippen LogP contribution >= 0.6 is 15.9 Å². The number of hydrogen-bond donors (Lipinski definition) is 2. The van der Waals surface area contributed by atoms with Gasteiger partial charge in [-0.05, 0) is 36.7 Å². The fourth-order valence-electron chi connectivity index (χ4n) is 1.26. The normalized spacial score (nSPS) is 12.8. The van der Waals surface area contributed by atoms with Crippen LogP contribution < -0.4 is 5.32 Å². The standard InChI is InChI=1S/C11H16BrN3O4/c1-11(2,3)19-10(18)14-8(9(16)17)6-15-5-7(12)4-13-15/h4-5,8H,6H2,1-3H3,(H,14,18)(H,16,17). The Morgan fingerprint density at radius 1 is 1.58 bits per heavy atom. The van der Waals surface area contributed by atoms with Gasteiger partial charge in [0.15, 0.2) is 0 Å².